The molecule has 0 heterocycles. The lowest BCUT2D eigenvalue weighted by molar-refractivity contribution is -0.0770. The summed E-state index contributed by atoms with van der Waals surface area (Å²) in [4.78, 5) is 2.27. The van der Waals surface area contributed by atoms with Gasteiger partial charge in [-0.1, -0.05) is 55.3 Å². The van der Waals surface area contributed by atoms with Crippen LogP contribution in [-0.4, -0.2) is 36.8 Å². The van der Waals surface area contributed by atoms with Gasteiger partial charge < -0.3 is 14.7 Å². The van der Waals surface area contributed by atoms with Gasteiger partial charge in [-0.3, -0.25) is 0 Å². The summed E-state index contributed by atoms with van der Waals surface area (Å²) < 4.78 is 5.37. The van der Waals surface area contributed by atoms with E-state index in [1.165, 1.54) is 12.0 Å². The quantitative estimate of drug-likeness (QED) is 0.832. The third kappa shape index (κ3) is 4.11. The summed E-state index contributed by atoms with van der Waals surface area (Å²) >= 11 is 0. The van der Waals surface area contributed by atoms with Gasteiger partial charge in [0.15, 0.2) is 0 Å². The van der Waals surface area contributed by atoms with Crippen LogP contribution in [0.15, 0.2) is 54.6 Å². The van der Waals surface area contributed by atoms with E-state index in [1.54, 1.807) is 7.11 Å². The molecule has 3 atom stereocenters. The Hall–Kier alpha value is -1.84. The van der Waals surface area contributed by atoms with Gasteiger partial charge in [0.1, 0.15) is 5.75 Å². The van der Waals surface area contributed by atoms with Crippen LogP contribution in [0.3, 0.4) is 0 Å². The molecule has 1 aliphatic carbocycles. The van der Waals surface area contributed by atoms with E-state index in [0.29, 0.717) is 6.42 Å². The molecule has 0 aliphatic heterocycles. The lowest BCUT2D eigenvalue weighted by atomic mass is 9.67. The number of hydrogen-bond acceptors (Lipinski definition) is 3. The molecule has 1 aliphatic rings. The molecule has 1 saturated carbocycles. The molecule has 3 rings (SSSR count). The Morgan fingerprint density at radius 1 is 1.12 bits per heavy atom. The highest BCUT2D eigenvalue weighted by atomic mass is 16.5. The van der Waals surface area contributed by atoms with E-state index in [0.717, 1.165) is 30.6 Å². The number of benzene rings is 2. The summed E-state index contributed by atoms with van der Waals surface area (Å²) in [7, 11) is 5.94. The van der Waals surface area contributed by atoms with Crippen molar-refractivity contribution in [2.45, 2.75) is 43.7 Å². The van der Waals surface area contributed by atoms with Crippen molar-refractivity contribution in [1.82, 2.24) is 4.90 Å². The Morgan fingerprint density at radius 3 is 2.58 bits per heavy atom. The molecule has 3 heteroatoms. The van der Waals surface area contributed by atoms with Crippen LogP contribution in [0.2, 0.25) is 0 Å². The predicted molar refractivity (Wildman–Crippen MR) is 106 cm³/mol. The molecule has 0 bridgehead atoms. The number of ether oxygens (including phenoxy) is 1. The number of nitrogens with zero attached hydrogens (tertiary/aromatic N) is 1. The van der Waals surface area contributed by atoms with E-state index in [2.05, 4.69) is 61.5 Å². The highest BCUT2D eigenvalue weighted by Gasteiger charge is 2.44. The Bertz CT molecular complexity index is 700. The monoisotopic (exact) mass is 353 g/mol. The molecule has 26 heavy (non-hydrogen) atoms. The molecule has 1 N–H and O–H groups in total. The molecule has 0 spiro atoms. The molecule has 140 valence electrons. The molecule has 2 aromatic carbocycles. The van der Waals surface area contributed by atoms with Gasteiger partial charge in [0, 0.05) is 18.4 Å². The van der Waals surface area contributed by atoms with Crippen molar-refractivity contribution in [1.29, 1.82) is 0 Å². The van der Waals surface area contributed by atoms with E-state index >= 15 is 0 Å². The Balaban J connectivity index is 1.92. The van der Waals surface area contributed by atoms with Crippen LogP contribution in [0, 0.1) is 5.92 Å². The average molecular weight is 354 g/mol. The standard InChI is InChI=1S/C23H31NO2/c1-24(2)22(19-11-5-4-6-12-19)21-14-7-8-15-23(21,25)17-18-10-9-13-20(16-18)26-3/h4-6,9-13,16,21-22,25H,7-8,14-15,17H2,1-3H3. The highest BCUT2D eigenvalue weighted by molar-refractivity contribution is 5.30. The van der Waals surface area contributed by atoms with E-state index in [4.69, 9.17) is 4.74 Å². The van der Waals surface area contributed by atoms with Crippen LogP contribution in [0.4, 0.5) is 0 Å². The number of aliphatic hydroxyl groups is 1. The lowest BCUT2D eigenvalue weighted by Crippen LogP contribution is -2.48. The molecule has 0 aromatic heterocycles. The van der Waals surface area contributed by atoms with Gasteiger partial charge in [0.25, 0.3) is 0 Å². The highest BCUT2D eigenvalue weighted by Crippen LogP contribution is 2.45. The van der Waals surface area contributed by atoms with Crippen molar-refractivity contribution in [2.24, 2.45) is 5.92 Å². The fraction of sp³-hybridized carbons (Fsp3) is 0.478. The number of hydrogen-bond donors (Lipinski definition) is 1. The van der Waals surface area contributed by atoms with Gasteiger partial charge in [-0.2, -0.15) is 0 Å². The molecular weight excluding hydrogens is 322 g/mol. The predicted octanol–water partition coefficient (Wildman–Crippen LogP) is 4.46. The summed E-state index contributed by atoms with van der Waals surface area (Å²) in [5.74, 6) is 1.06. The first-order chi connectivity index (χ1) is 12.5. The molecule has 0 saturated heterocycles. The van der Waals surface area contributed by atoms with Crippen LogP contribution >= 0.6 is 0 Å². The van der Waals surface area contributed by atoms with Crippen LogP contribution in [0.25, 0.3) is 0 Å². The number of methoxy groups -OCH3 is 1. The van der Waals surface area contributed by atoms with Gasteiger partial charge in [0.2, 0.25) is 0 Å². The fourth-order valence-electron chi connectivity index (χ4n) is 4.60. The Kier molecular flexibility index (Phi) is 6.00. The molecule has 3 nitrogen and oxygen atoms in total. The van der Waals surface area contributed by atoms with E-state index in [9.17, 15) is 5.11 Å². The van der Waals surface area contributed by atoms with Crippen LogP contribution in [0.5, 0.6) is 5.75 Å². The third-order valence-electron chi connectivity index (χ3n) is 5.79. The summed E-state index contributed by atoms with van der Waals surface area (Å²) in [6.07, 6.45) is 4.85. The largest absolute Gasteiger partial charge is 0.497 e. The Morgan fingerprint density at radius 2 is 1.88 bits per heavy atom. The second-order valence-electron chi connectivity index (χ2n) is 7.80. The first-order valence-electron chi connectivity index (χ1n) is 9.60. The SMILES string of the molecule is COc1cccc(CC2(O)CCCCC2C(c2ccccc2)N(C)C)c1. The van der Waals surface area contributed by atoms with Crippen LogP contribution < -0.4 is 4.74 Å². The fourth-order valence-corrected chi connectivity index (χ4v) is 4.60. The molecule has 3 unspecified atom stereocenters. The maximum Gasteiger partial charge on any atom is 0.119 e. The van der Waals surface area contributed by atoms with Gasteiger partial charge in [-0.05, 0) is 50.2 Å². The maximum absolute atomic E-state index is 11.8. The summed E-state index contributed by atoms with van der Waals surface area (Å²) in [6, 6.07) is 18.9. The normalized spacial score (nSPS) is 24.4. The zero-order valence-corrected chi connectivity index (χ0v) is 16.2. The van der Waals surface area contributed by atoms with E-state index in [-0.39, 0.29) is 12.0 Å². The number of rotatable bonds is 6. The van der Waals surface area contributed by atoms with Crippen molar-refractivity contribution in [2.75, 3.05) is 21.2 Å². The topological polar surface area (TPSA) is 32.7 Å². The zero-order valence-electron chi connectivity index (χ0n) is 16.2. The van der Waals surface area contributed by atoms with Crippen LogP contribution in [0.1, 0.15) is 42.9 Å². The van der Waals surface area contributed by atoms with Gasteiger partial charge in [-0.15, -0.1) is 0 Å². The zero-order chi connectivity index (χ0) is 18.6. The Labute approximate surface area is 157 Å². The second kappa shape index (κ2) is 8.24. The minimum Gasteiger partial charge on any atom is -0.497 e. The first-order valence-corrected chi connectivity index (χ1v) is 9.60. The van der Waals surface area contributed by atoms with Crippen molar-refractivity contribution in [3.63, 3.8) is 0 Å². The second-order valence-corrected chi connectivity index (χ2v) is 7.80. The molecular formula is C23H31NO2. The molecule has 0 radical (unpaired) electrons. The minimum absolute atomic E-state index is 0.208. The van der Waals surface area contributed by atoms with Gasteiger partial charge in [-0.25, -0.2) is 0 Å². The van der Waals surface area contributed by atoms with Crippen molar-refractivity contribution >= 4 is 0 Å². The molecule has 1 fully saturated rings. The van der Waals surface area contributed by atoms with E-state index < -0.39 is 5.60 Å². The van der Waals surface area contributed by atoms with Crippen molar-refractivity contribution in [3.8, 4) is 5.75 Å². The van der Waals surface area contributed by atoms with Crippen molar-refractivity contribution in [3.05, 3.63) is 65.7 Å². The smallest absolute Gasteiger partial charge is 0.119 e. The van der Waals surface area contributed by atoms with Crippen molar-refractivity contribution < 1.29 is 9.84 Å². The lowest BCUT2D eigenvalue weighted by Gasteiger charge is -2.46. The maximum atomic E-state index is 11.8. The summed E-state index contributed by atoms with van der Waals surface area (Å²) in [5.41, 5.74) is 1.73. The average Bonchev–Trinajstić information content (AvgIpc) is 2.64. The third-order valence-corrected chi connectivity index (χ3v) is 5.79. The molecule has 2 aromatic rings. The minimum atomic E-state index is -0.699. The van der Waals surface area contributed by atoms with Crippen LogP contribution in [-0.2, 0) is 6.42 Å². The van der Waals surface area contributed by atoms with Gasteiger partial charge in [0.05, 0.1) is 12.7 Å². The summed E-state index contributed by atoms with van der Waals surface area (Å²) in [5, 5.41) is 11.8. The van der Waals surface area contributed by atoms with E-state index in [1.807, 2.05) is 12.1 Å². The first kappa shape index (κ1) is 18.9. The molecule has 0 amide bonds. The van der Waals surface area contributed by atoms with Gasteiger partial charge >= 0.3 is 0 Å². The summed E-state index contributed by atoms with van der Waals surface area (Å²) in [6.45, 7) is 0.